The van der Waals surface area contributed by atoms with Crippen molar-refractivity contribution in [2.75, 3.05) is 18.6 Å². The number of halogens is 1. The molecule has 0 radical (unpaired) electrons. The first-order chi connectivity index (χ1) is 18.8. The average Bonchev–Trinajstić information content (AvgIpc) is 3.64. The number of anilines is 1. The van der Waals surface area contributed by atoms with Crippen molar-refractivity contribution in [3.63, 3.8) is 0 Å². The predicted molar refractivity (Wildman–Crippen MR) is 150 cm³/mol. The van der Waals surface area contributed by atoms with Gasteiger partial charge in [0.25, 0.3) is 0 Å². The number of pyridine rings is 2. The van der Waals surface area contributed by atoms with Gasteiger partial charge in [-0.1, -0.05) is 36.5 Å². The van der Waals surface area contributed by atoms with E-state index in [2.05, 4.69) is 45.4 Å². The number of rotatable bonds is 6. The van der Waals surface area contributed by atoms with Gasteiger partial charge in [0.15, 0.2) is 0 Å². The third-order valence-electron chi connectivity index (χ3n) is 8.59. The zero-order chi connectivity index (χ0) is 27.3. The van der Waals surface area contributed by atoms with Gasteiger partial charge in [0.1, 0.15) is 5.69 Å². The lowest BCUT2D eigenvalue weighted by Crippen LogP contribution is -2.32. The van der Waals surface area contributed by atoms with Crippen LogP contribution in [0, 0.1) is 11.8 Å². The highest BCUT2D eigenvalue weighted by molar-refractivity contribution is 6.30. The monoisotopic (exact) mass is 551 g/mol. The Morgan fingerprint density at radius 3 is 2.62 bits per heavy atom. The van der Waals surface area contributed by atoms with E-state index in [0.717, 1.165) is 41.4 Å². The molecule has 4 aromatic heterocycles. The van der Waals surface area contributed by atoms with Gasteiger partial charge in [0, 0.05) is 43.7 Å². The molecule has 0 amide bonds. The Morgan fingerprint density at radius 1 is 1.15 bits per heavy atom. The molecule has 0 aromatic carbocycles. The maximum atomic E-state index is 11.8. The molecule has 1 aliphatic carbocycles. The van der Waals surface area contributed by atoms with E-state index in [1.165, 1.54) is 25.7 Å². The summed E-state index contributed by atoms with van der Waals surface area (Å²) in [6.45, 7) is 7.64. The molecule has 11 heteroatoms. The normalized spacial score (nSPS) is 24.5. The van der Waals surface area contributed by atoms with Crippen LogP contribution in [0.2, 0.25) is 5.02 Å². The van der Waals surface area contributed by atoms with Gasteiger partial charge in [-0.2, -0.15) is 0 Å². The third-order valence-corrected chi connectivity index (χ3v) is 8.79. The number of fused-ring (bicyclic) bond motifs is 1. The Labute approximate surface area is 231 Å². The average molecular weight is 552 g/mol. The fourth-order valence-electron chi connectivity index (χ4n) is 6.31. The van der Waals surface area contributed by atoms with Crippen LogP contribution >= 0.6 is 11.6 Å². The molecule has 2 aliphatic rings. The van der Waals surface area contributed by atoms with Crippen molar-refractivity contribution in [1.82, 2.24) is 29.7 Å². The third kappa shape index (κ3) is 4.84. The number of nitrogens with one attached hydrogen (secondary N) is 1. The Kier molecular flexibility index (Phi) is 6.93. The van der Waals surface area contributed by atoms with Crippen molar-refractivity contribution in [2.45, 2.75) is 71.1 Å². The number of aromatic amines is 1. The summed E-state index contributed by atoms with van der Waals surface area (Å²) in [5.41, 5.74) is 3.59. The van der Waals surface area contributed by atoms with E-state index >= 15 is 0 Å². The lowest BCUT2D eigenvalue weighted by Gasteiger charge is -2.34. The Bertz CT molecular complexity index is 1540. The number of aromatic nitrogens is 6. The van der Waals surface area contributed by atoms with E-state index in [0.29, 0.717) is 22.3 Å². The minimum Gasteiger partial charge on any atom is -0.380 e. The molecule has 4 aromatic rings. The fourth-order valence-corrected chi connectivity index (χ4v) is 6.49. The van der Waals surface area contributed by atoms with Gasteiger partial charge in [-0.15, -0.1) is 0 Å². The summed E-state index contributed by atoms with van der Waals surface area (Å²) in [6.07, 6.45) is 9.26. The first kappa shape index (κ1) is 26.0. The number of methoxy groups -OCH3 is 1. The SMILES string of the molecule is COC1CC(C)N(c2nc3cc(-c4noc(=O)[nH]4)nc(-c4cncc(Cl)c4)c3n2C(C)C2CCC(C)CC2)C1. The molecule has 1 saturated heterocycles. The van der Waals surface area contributed by atoms with Crippen LogP contribution < -0.4 is 10.7 Å². The number of ether oxygens (including phenoxy) is 1. The van der Waals surface area contributed by atoms with E-state index < -0.39 is 5.76 Å². The molecule has 1 saturated carbocycles. The van der Waals surface area contributed by atoms with Crippen LogP contribution in [0.3, 0.4) is 0 Å². The second-order valence-corrected chi connectivity index (χ2v) is 11.6. The molecule has 0 bridgehead atoms. The first-order valence-electron chi connectivity index (χ1n) is 13.7. The van der Waals surface area contributed by atoms with Gasteiger partial charge in [0.2, 0.25) is 11.8 Å². The van der Waals surface area contributed by atoms with Crippen molar-refractivity contribution in [3.05, 3.63) is 40.1 Å². The minimum absolute atomic E-state index is 0.143. The maximum Gasteiger partial charge on any atom is 0.439 e. The highest BCUT2D eigenvalue weighted by Gasteiger charge is 2.36. The van der Waals surface area contributed by atoms with Crippen LogP contribution in [0.25, 0.3) is 33.8 Å². The van der Waals surface area contributed by atoms with E-state index in [9.17, 15) is 4.79 Å². The number of imidazole rings is 1. The van der Waals surface area contributed by atoms with Crippen LogP contribution in [0.4, 0.5) is 5.95 Å². The fraction of sp³-hybridized carbons (Fsp3) is 0.536. The van der Waals surface area contributed by atoms with Gasteiger partial charge in [-0.25, -0.2) is 14.8 Å². The predicted octanol–water partition coefficient (Wildman–Crippen LogP) is 5.49. The van der Waals surface area contributed by atoms with Gasteiger partial charge >= 0.3 is 5.76 Å². The Balaban J connectivity index is 1.60. The Morgan fingerprint density at radius 2 is 1.95 bits per heavy atom. The smallest absolute Gasteiger partial charge is 0.380 e. The molecule has 5 heterocycles. The topological polar surface area (TPSA) is 115 Å². The van der Waals surface area contributed by atoms with Crippen molar-refractivity contribution in [2.24, 2.45) is 11.8 Å². The number of hydrogen-bond acceptors (Lipinski definition) is 8. The molecule has 39 heavy (non-hydrogen) atoms. The van der Waals surface area contributed by atoms with Crippen LogP contribution in [-0.4, -0.2) is 55.5 Å². The van der Waals surface area contributed by atoms with E-state index in [4.69, 9.17) is 30.8 Å². The molecular weight excluding hydrogens is 518 g/mol. The molecule has 1 aliphatic heterocycles. The highest BCUT2D eigenvalue weighted by Crippen LogP contribution is 2.43. The molecule has 206 valence electrons. The lowest BCUT2D eigenvalue weighted by atomic mass is 9.79. The number of nitrogens with zero attached hydrogens (tertiary/aromatic N) is 6. The van der Waals surface area contributed by atoms with Gasteiger partial charge in [0.05, 0.1) is 27.9 Å². The standard InChI is InChI=1S/C28H34ClN7O3/c1-15-5-7-18(8-6-15)17(3)36-25-22(32-27(36)35-14-21(38-4)9-16(35)2)11-23(26-33-28(37)39-34-26)31-24(25)19-10-20(29)13-30-12-19/h10-13,15-18,21H,5-9,14H2,1-4H3,(H,33,34,37). The second-order valence-electron chi connectivity index (χ2n) is 11.2. The largest absolute Gasteiger partial charge is 0.439 e. The van der Waals surface area contributed by atoms with Crippen molar-refractivity contribution < 1.29 is 9.26 Å². The molecule has 3 unspecified atom stereocenters. The number of H-pyrrole nitrogens is 1. The zero-order valence-electron chi connectivity index (χ0n) is 22.7. The summed E-state index contributed by atoms with van der Waals surface area (Å²) in [5, 5.41) is 4.41. The van der Waals surface area contributed by atoms with Gasteiger partial charge in [-0.3, -0.25) is 14.5 Å². The molecular formula is C28H34ClN7O3. The van der Waals surface area contributed by atoms with E-state index in [1.807, 2.05) is 12.1 Å². The number of hydrogen-bond donors (Lipinski definition) is 1. The maximum absolute atomic E-state index is 11.8. The molecule has 10 nitrogen and oxygen atoms in total. The van der Waals surface area contributed by atoms with Crippen LogP contribution in [0.15, 0.2) is 33.8 Å². The summed E-state index contributed by atoms with van der Waals surface area (Å²) in [4.78, 5) is 31.3. The van der Waals surface area contributed by atoms with Crippen LogP contribution in [0.5, 0.6) is 0 Å². The molecule has 6 rings (SSSR count). The summed E-state index contributed by atoms with van der Waals surface area (Å²) < 4.78 is 12.9. The molecule has 0 spiro atoms. The van der Waals surface area contributed by atoms with Gasteiger partial charge < -0.3 is 14.2 Å². The van der Waals surface area contributed by atoms with Crippen LogP contribution in [-0.2, 0) is 4.74 Å². The Hall–Kier alpha value is -3.24. The van der Waals surface area contributed by atoms with Gasteiger partial charge in [-0.05, 0) is 57.1 Å². The quantitative estimate of drug-likeness (QED) is 0.334. The minimum atomic E-state index is -0.638. The summed E-state index contributed by atoms with van der Waals surface area (Å²) >= 11 is 6.39. The molecule has 1 N–H and O–H groups in total. The second kappa shape index (κ2) is 10.4. The summed E-state index contributed by atoms with van der Waals surface area (Å²) in [7, 11) is 1.77. The molecule has 2 fully saturated rings. The lowest BCUT2D eigenvalue weighted by molar-refractivity contribution is 0.118. The van der Waals surface area contributed by atoms with Crippen molar-refractivity contribution in [1.29, 1.82) is 0 Å². The molecule has 3 atom stereocenters. The van der Waals surface area contributed by atoms with Crippen molar-refractivity contribution in [3.8, 4) is 22.8 Å². The van der Waals surface area contributed by atoms with Crippen LogP contribution in [0.1, 0.15) is 58.9 Å². The van der Waals surface area contributed by atoms with E-state index in [-0.39, 0.29) is 24.0 Å². The zero-order valence-corrected chi connectivity index (χ0v) is 23.5. The van der Waals surface area contributed by atoms with E-state index in [1.54, 1.807) is 19.5 Å². The highest BCUT2D eigenvalue weighted by atomic mass is 35.5. The summed E-state index contributed by atoms with van der Waals surface area (Å²) in [5.74, 6) is 1.80. The summed E-state index contributed by atoms with van der Waals surface area (Å²) in [6, 6.07) is 4.18. The van der Waals surface area contributed by atoms with Crippen molar-refractivity contribution >= 4 is 28.6 Å². The first-order valence-corrected chi connectivity index (χ1v) is 14.1.